The first-order valence-electron chi connectivity index (χ1n) is 7.29. The Morgan fingerprint density at radius 3 is 2.35 bits per heavy atom. The van der Waals surface area contributed by atoms with Crippen LogP contribution in [-0.4, -0.2) is 42.1 Å². The zero-order chi connectivity index (χ0) is 17.5. The van der Waals surface area contributed by atoms with Crippen molar-refractivity contribution in [1.82, 2.24) is 15.5 Å². The summed E-state index contributed by atoms with van der Waals surface area (Å²) in [5.74, 6) is 0. The molecular formula is C14H21BF3N3O2. The fourth-order valence-corrected chi connectivity index (χ4v) is 2.23. The van der Waals surface area contributed by atoms with E-state index >= 15 is 0 Å². The largest absolute Gasteiger partial charge is 0.491 e. The Morgan fingerprint density at radius 2 is 1.87 bits per heavy atom. The van der Waals surface area contributed by atoms with Gasteiger partial charge in [0, 0.05) is 12.1 Å². The average Bonchev–Trinajstić information content (AvgIpc) is 2.92. The Balaban J connectivity index is 2.35. The van der Waals surface area contributed by atoms with Crippen molar-refractivity contribution in [1.29, 1.82) is 0 Å². The van der Waals surface area contributed by atoms with Gasteiger partial charge in [0.15, 0.2) is 0 Å². The van der Waals surface area contributed by atoms with Gasteiger partial charge in [-0.1, -0.05) is 6.08 Å². The van der Waals surface area contributed by atoms with E-state index in [9.17, 15) is 13.2 Å². The van der Waals surface area contributed by atoms with Crippen LogP contribution in [0.5, 0.6) is 0 Å². The Kier molecular flexibility index (Phi) is 4.67. The van der Waals surface area contributed by atoms with E-state index in [-0.39, 0.29) is 5.56 Å². The van der Waals surface area contributed by atoms with Gasteiger partial charge in [-0.15, -0.1) is 0 Å². The van der Waals surface area contributed by atoms with Gasteiger partial charge in [0.05, 0.1) is 17.4 Å². The minimum absolute atomic E-state index is 0.0440. The lowest BCUT2D eigenvalue weighted by atomic mass is 9.77. The molecule has 5 nitrogen and oxygen atoms in total. The van der Waals surface area contributed by atoms with Crippen LogP contribution in [0.3, 0.4) is 0 Å². The molecule has 0 bridgehead atoms. The average molecular weight is 331 g/mol. The maximum atomic E-state index is 13.0. The summed E-state index contributed by atoms with van der Waals surface area (Å²) in [6, 6.07) is 0. The molecular weight excluding hydrogens is 310 g/mol. The first-order chi connectivity index (χ1) is 10.5. The van der Waals surface area contributed by atoms with Gasteiger partial charge in [0.25, 0.3) is 0 Å². The van der Waals surface area contributed by atoms with Crippen LogP contribution in [-0.2, 0) is 15.5 Å². The highest BCUT2D eigenvalue weighted by Gasteiger charge is 2.52. The number of halogens is 3. The van der Waals surface area contributed by atoms with Gasteiger partial charge in [0.1, 0.15) is 5.69 Å². The number of H-pyrrole nitrogens is 1. The van der Waals surface area contributed by atoms with Crippen LogP contribution in [0.4, 0.5) is 13.2 Å². The summed E-state index contributed by atoms with van der Waals surface area (Å²) < 4.78 is 50.7. The summed E-state index contributed by atoms with van der Waals surface area (Å²) in [7, 11) is 0.988. The van der Waals surface area contributed by atoms with E-state index in [1.165, 1.54) is 6.08 Å². The lowest BCUT2D eigenvalue weighted by molar-refractivity contribution is -0.141. The predicted octanol–water partition coefficient (Wildman–Crippen LogP) is 2.66. The highest BCUT2D eigenvalue weighted by atomic mass is 19.4. The summed E-state index contributed by atoms with van der Waals surface area (Å²) in [6.45, 7) is 7.90. The van der Waals surface area contributed by atoms with Crippen LogP contribution in [0.2, 0.25) is 0 Å². The van der Waals surface area contributed by atoms with Crippen molar-refractivity contribution in [3.63, 3.8) is 0 Å². The standard InChI is InChI=1S/C14H21BF3N3O2/c1-12(2)13(3,4)23-15(22-12)10(8-19-5)6-9-7-20-21-11(9)14(16,17)18/h6-7,19H,8H2,1-5H3,(H,20,21). The van der Waals surface area contributed by atoms with Crippen LogP contribution in [0.25, 0.3) is 6.08 Å². The second kappa shape index (κ2) is 5.96. The quantitative estimate of drug-likeness (QED) is 0.833. The fourth-order valence-electron chi connectivity index (χ4n) is 2.23. The topological polar surface area (TPSA) is 59.2 Å². The molecule has 0 aliphatic carbocycles. The minimum atomic E-state index is -4.50. The number of aromatic nitrogens is 2. The molecule has 0 saturated carbocycles. The van der Waals surface area contributed by atoms with Crippen molar-refractivity contribution in [3.8, 4) is 0 Å². The first kappa shape index (κ1) is 18.0. The van der Waals surface area contributed by atoms with Gasteiger partial charge in [-0.25, -0.2) is 0 Å². The smallest absolute Gasteiger partial charge is 0.400 e. The summed E-state index contributed by atoms with van der Waals surface area (Å²) in [4.78, 5) is 0. The number of hydrogen-bond donors (Lipinski definition) is 2. The van der Waals surface area contributed by atoms with E-state index in [2.05, 4.69) is 10.4 Å². The molecule has 0 radical (unpaired) electrons. The van der Waals surface area contributed by atoms with Crippen LogP contribution in [0.1, 0.15) is 39.0 Å². The number of aromatic amines is 1. The van der Waals surface area contributed by atoms with Crippen LogP contribution in [0.15, 0.2) is 11.7 Å². The lowest BCUT2D eigenvalue weighted by Crippen LogP contribution is -2.41. The lowest BCUT2D eigenvalue weighted by Gasteiger charge is -2.32. The van der Waals surface area contributed by atoms with Crippen molar-refractivity contribution in [2.45, 2.75) is 45.1 Å². The second-order valence-corrected chi connectivity index (χ2v) is 6.54. The van der Waals surface area contributed by atoms with Crippen molar-refractivity contribution in [3.05, 3.63) is 22.9 Å². The molecule has 0 aromatic carbocycles. The normalized spacial score (nSPS) is 21.0. The summed E-state index contributed by atoms with van der Waals surface area (Å²) in [5, 5.41) is 8.42. The maximum absolute atomic E-state index is 13.0. The third-order valence-electron chi connectivity index (χ3n) is 4.23. The zero-order valence-electron chi connectivity index (χ0n) is 13.8. The number of alkyl halides is 3. The third kappa shape index (κ3) is 3.62. The molecule has 1 aromatic heterocycles. The molecule has 128 valence electrons. The highest BCUT2D eigenvalue weighted by molar-refractivity contribution is 6.55. The van der Waals surface area contributed by atoms with E-state index in [4.69, 9.17) is 9.31 Å². The Hall–Kier alpha value is -1.32. The number of hydrogen-bond acceptors (Lipinski definition) is 4. The Labute approximate surface area is 133 Å². The van der Waals surface area contributed by atoms with E-state index in [0.717, 1.165) is 6.20 Å². The number of rotatable bonds is 4. The van der Waals surface area contributed by atoms with Gasteiger partial charge in [-0.3, -0.25) is 5.10 Å². The molecule has 0 amide bonds. The van der Waals surface area contributed by atoms with E-state index < -0.39 is 30.2 Å². The number of nitrogens with zero attached hydrogens (tertiary/aromatic N) is 1. The van der Waals surface area contributed by atoms with Gasteiger partial charge in [-0.2, -0.15) is 18.3 Å². The predicted molar refractivity (Wildman–Crippen MR) is 81.6 cm³/mol. The fraction of sp³-hybridized carbons (Fsp3) is 0.643. The molecule has 1 aromatic rings. The molecule has 0 atom stereocenters. The van der Waals surface area contributed by atoms with Gasteiger partial charge < -0.3 is 14.6 Å². The molecule has 2 heterocycles. The molecule has 2 N–H and O–H groups in total. The minimum Gasteiger partial charge on any atom is -0.400 e. The maximum Gasteiger partial charge on any atom is 0.491 e. The molecule has 9 heteroatoms. The van der Waals surface area contributed by atoms with Crippen LogP contribution in [0, 0.1) is 0 Å². The van der Waals surface area contributed by atoms with E-state index in [0.29, 0.717) is 12.0 Å². The Bertz CT molecular complexity index is 580. The molecule has 1 fully saturated rings. The second-order valence-electron chi connectivity index (χ2n) is 6.54. The molecule has 1 saturated heterocycles. The molecule has 0 spiro atoms. The van der Waals surface area contributed by atoms with Gasteiger partial charge in [0.2, 0.25) is 0 Å². The van der Waals surface area contributed by atoms with Crippen molar-refractivity contribution in [2.24, 2.45) is 0 Å². The van der Waals surface area contributed by atoms with Crippen molar-refractivity contribution in [2.75, 3.05) is 13.6 Å². The third-order valence-corrected chi connectivity index (χ3v) is 4.23. The molecule has 1 aliphatic rings. The molecule has 23 heavy (non-hydrogen) atoms. The molecule has 1 aliphatic heterocycles. The molecule has 2 rings (SSSR count). The Morgan fingerprint density at radius 1 is 1.30 bits per heavy atom. The van der Waals surface area contributed by atoms with Gasteiger partial charge >= 0.3 is 13.3 Å². The first-order valence-corrected chi connectivity index (χ1v) is 7.29. The monoisotopic (exact) mass is 331 g/mol. The van der Waals surface area contributed by atoms with E-state index in [1.54, 1.807) is 7.05 Å². The highest BCUT2D eigenvalue weighted by Crippen LogP contribution is 2.39. The van der Waals surface area contributed by atoms with Crippen molar-refractivity contribution < 1.29 is 22.5 Å². The SMILES string of the molecule is CNCC(=Cc1cn[nH]c1C(F)(F)F)B1OC(C)(C)C(C)(C)O1. The summed E-state index contributed by atoms with van der Waals surface area (Å²) >= 11 is 0. The van der Waals surface area contributed by atoms with Crippen LogP contribution >= 0.6 is 0 Å². The van der Waals surface area contributed by atoms with E-state index in [1.807, 2.05) is 32.8 Å². The van der Waals surface area contributed by atoms with Crippen molar-refractivity contribution >= 4 is 13.2 Å². The zero-order valence-corrected chi connectivity index (χ0v) is 13.8. The van der Waals surface area contributed by atoms with Gasteiger partial charge in [-0.05, 0) is 40.2 Å². The number of nitrogens with one attached hydrogen (secondary N) is 2. The summed E-state index contributed by atoms with van der Waals surface area (Å²) in [5.41, 5.74) is -1.49. The van der Waals surface area contributed by atoms with Crippen LogP contribution < -0.4 is 5.32 Å². The number of likely N-dealkylation sites (N-methyl/N-ethyl adjacent to an activating group) is 1. The molecule has 0 unspecified atom stereocenters. The summed E-state index contributed by atoms with van der Waals surface area (Å²) in [6.07, 6.45) is -1.95.